The van der Waals surface area contributed by atoms with Gasteiger partial charge in [0.05, 0.1) is 5.69 Å². The van der Waals surface area contributed by atoms with E-state index < -0.39 is 0 Å². The Kier molecular flexibility index (Phi) is 7.00. The van der Waals surface area contributed by atoms with Gasteiger partial charge >= 0.3 is 0 Å². The number of aromatic nitrogens is 1. The highest BCUT2D eigenvalue weighted by Gasteiger charge is 2.28. The maximum Gasteiger partial charge on any atom is 0.254 e. The van der Waals surface area contributed by atoms with E-state index in [0.29, 0.717) is 10.7 Å². The van der Waals surface area contributed by atoms with Gasteiger partial charge in [-0.25, -0.2) is 4.98 Å². The van der Waals surface area contributed by atoms with Gasteiger partial charge in [-0.2, -0.15) is 0 Å². The van der Waals surface area contributed by atoms with Crippen LogP contribution in [-0.2, 0) is 4.79 Å². The van der Waals surface area contributed by atoms with Gasteiger partial charge in [0.15, 0.2) is 5.13 Å². The summed E-state index contributed by atoms with van der Waals surface area (Å²) in [4.78, 5) is 33.5. The van der Waals surface area contributed by atoms with Crippen LogP contribution in [0.4, 0.5) is 5.13 Å². The molecular formula is C26H29N3O2S. The largest absolute Gasteiger partial charge is 0.326 e. The van der Waals surface area contributed by atoms with Crippen LogP contribution in [0.2, 0.25) is 0 Å². The number of carbonyl (C=O) groups is 2. The van der Waals surface area contributed by atoms with Crippen LogP contribution in [0.5, 0.6) is 0 Å². The van der Waals surface area contributed by atoms with E-state index in [1.54, 1.807) is 4.90 Å². The molecule has 0 unspecified atom stereocenters. The maximum absolute atomic E-state index is 13.5. The number of benzene rings is 2. The van der Waals surface area contributed by atoms with E-state index in [0.717, 1.165) is 47.4 Å². The Balaban J connectivity index is 1.51. The third kappa shape index (κ3) is 5.25. The van der Waals surface area contributed by atoms with Crippen molar-refractivity contribution in [2.24, 2.45) is 0 Å². The van der Waals surface area contributed by atoms with Crippen LogP contribution in [0.3, 0.4) is 0 Å². The van der Waals surface area contributed by atoms with Gasteiger partial charge in [-0.1, -0.05) is 61.7 Å². The molecule has 2 aromatic carbocycles. The standard InChI is InChI=1S/C26H29N3O2S/c1-18-19(2)32-26(27-18)28-24(30)17-29(23-11-7-4-8-12-23)25(31)22-15-13-21(14-16-22)20-9-5-3-6-10-20/h3,5-6,9-10,13-16,23H,4,7-8,11-12,17H2,1-2H3,(H,27,28,30). The maximum atomic E-state index is 13.5. The van der Waals surface area contributed by atoms with Crippen molar-refractivity contribution in [3.63, 3.8) is 0 Å². The Hall–Kier alpha value is -2.99. The molecule has 1 aliphatic carbocycles. The highest BCUT2D eigenvalue weighted by atomic mass is 32.1. The zero-order valence-corrected chi connectivity index (χ0v) is 19.5. The molecule has 1 aromatic heterocycles. The van der Waals surface area contributed by atoms with Crippen LogP contribution in [0.25, 0.3) is 11.1 Å². The number of anilines is 1. The fraction of sp³-hybridized carbons (Fsp3) is 0.346. The van der Waals surface area contributed by atoms with Crippen molar-refractivity contribution >= 4 is 28.3 Å². The number of nitrogens with one attached hydrogen (secondary N) is 1. The zero-order valence-electron chi connectivity index (χ0n) is 18.6. The molecule has 6 heteroatoms. The third-order valence-corrected chi connectivity index (χ3v) is 7.09. The second-order valence-electron chi connectivity index (χ2n) is 8.38. The van der Waals surface area contributed by atoms with Gasteiger partial charge in [-0.05, 0) is 49.9 Å². The number of aryl methyl sites for hydroxylation is 2. The Bertz CT molecular complexity index is 1050. The third-order valence-electron chi connectivity index (χ3n) is 6.10. The van der Waals surface area contributed by atoms with Crippen molar-refractivity contribution in [3.8, 4) is 11.1 Å². The van der Waals surface area contributed by atoms with Crippen molar-refractivity contribution in [2.45, 2.75) is 52.0 Å². The summed E-state index contributed by atoms with van der Waals surface area (Å²) in [6, 6.07) is 17.9. The van der Waals surface area contributed by atoms with E-state index in [9.17, 15) is 9.59 Å². The van der Waals surface area contributed by atoms with Crippen LogP contribution >= 0.6 is 11.3 Å². The van der Waals surface area contributed by atoms with Gasteiger partial charge in [0.25, 0.3) is 5.91 Å². The quantitative estimate of drug-likeness (QED) is 0.516. The molecule has 0 radical (unpaired) electrons. The first-order chi connectivity index (χ1) is 15.5. The number of hydrogen-bond acceptors (Lipinski definition) is 4. The summed E-state index contributed by atoms with van der Waals surface area (Å²) >= 11 is 1.46. The van der Waals surface area contributed by atoms with Crippen LogP contribution in [0.15, 0.2) is 54.6 Å². The number of amides is 2. The van der Waals surface area contributed by atoms with E-state index >= 15 is 0 Å². The molecule has 0 bridgehead atoms. The number of nitrogens with zero attached hydrogens (tertiary/aromatic N) is 2. The minimum atomic E-state index is -0.196. The Morgan fingerprint density at radius 1 is 0.969 bits per heavy atom. The predicted octanol–water partition coefficient (Wildman–Crippen LogP) is 5.84. The van der Waals surface area contributed by atoms with Crippen LogP contribution in [0, 0.1) is 13.8 Å². The van der Waals surface area contributed by atoms with Gasteiger partial charge in [0, 0.05) is 16.5 Å². The van der Waals surface area contributed by atoms with E-state index in [-0.39, 0.29) is 24.4 Å². The van der Waals surface area contributed by atoms with E-state index in [1.807, 2.05) is 56.3 Å². The topological polar surface area (TPSA) is 62.3 Å². The molecule has 1 fully saturated rings. The Morgan fingerprint density at radius 2 is 1.62 bits per heavy atom. The molecule has 0 saturated heterocycles. The lowest BCUT2D eigenvalue weighted by molar-refractivity contribution is -0.117. The lowest BCUT2D eigenvalue weighted by atomic mass is 9.93. The minimum absolute atomic E-state index is 0.0433. The van der Waals surface area contributed by atoms with Crippen LogP contribution in [-0.4, -0.2) is 34.3 Å². The second kappa shape index (κ2) is 10.1. The number of thiazole rings is 1. The molecule has 3 aromatic rings. The first-order valence-electron chi connectivity index (χ1n) is 11.2. The summed E-state index contributed by atoms with van der Waals surface area (Å²) in [5.41, 5.74) is 3.72. The lowest BCUT2D eigenvalue weighted by Crippen LogP contribution is -2.45. The smallest absolute Gasteiger partial charge is 0.254 e. The molecule has 1 N–H and O–H groups in total. The first-order valence-corrected chi connectivity index (χ1v) is 12.0. The molecular weight excluding hydrogens is 418 g/mol. The van der Waals surface area contributed by atoms with Crippen molar-refractivity contribution in [2.75, 3.05) is 11.9 Å². The van der Waals surface area contributed by atoms with Gasteiger partial charge in [-0.15, -0.1) is 11.3 Å². The average molecular weight is 448 g/mol. The van der Waals surface area contributed by atoms with Crippen LogP contribution in [0.1, 0.15) is 53.0 Å². The SMILES string of the molecule is Cc1nc(NC(=O)CN(C(=O)c2ccc(-c3ccccc3)cc2)C2CCCCC2)sc1C. The van der Waals surface area contributed by atoms with Crippen LogP contribution < -0.4 is 5.32 Å². The van der Waals surface area contributed by atoms with E-state index in [1.165, 1.54) is 17.8 Å². The monoisotopic (exact) mass is 447 g/mol. The molecule has 0 atom stereocenters. The lowest BCUT2D eigenvalue weighted by Gasteiger charge is -2.34. The minimum Gasteiger partial charge on any atom is -0.326 e. The van der Waals surface area contributed by atoms with Crippen molar-refractivity contribution in [1.29, 1.82) is 0 Å². The molecule has 2 amide bonds. The summed E-state index contributed by atoms with van der Waals surface area (Å²) in [6.07, 6.45) is 5.25. The van der Waals surface area contributed by atoms with Crippen molar-refractivity contribution < 1.29 is 9.59 Å². The van der Waals surface area contributed by atoms with E-state index in [2.05, 4.69) is 22.4 Å². The summed E-state index contributed by atoms with van der Waals surface area (Å²) < 4.78 is 0. The highest BCUT2D eigenvalue weighted by molar-refractivity contribution is 7.15. The number of rotatable bonds is 6. The molecule has 1 heterocycles. The molecule has 1 saturated carbocycles. The van der Waals surface area contributed by atoms with Gasteiger partial charge in [-0.3, -0.25) is 9.59 Å². The molecule has 1 aliphatic rings. The number of carbonyl (C=O) groups excluding carboxylic acids is 2. The second-order valence-corrected chi connectivity index (χ2v) is 9.58. The Morgan fingerprint density at radius 3 is 2.25 bits per heavy atom. The molecule has 4 rings (SSSR count). The summed E-state index contributed by atoms with van der Waals surface area (Å²) in [7, 11) is 0. The molecule has 0 aliphatic heterocycles. The average Bonchev–Trinajstić information content (AvgIpc) is 3.14. The van der Waals surface area contributed by atoms with E-state index in [4.69, 9.17) is 0 Å². The predicted molar refractivity (Wildman–Crippen MR) is 130 cm³/mol. The van der Waals surface area contributed by atoms with Crippen molar-refractivity contribution in [1.82, 2.24) is 9.88 Å². The summed E-state index contributed by atoms with van der Waals surface area (Å²) in [6.45, 7) is 3.96. The zero-order chi connectivity index (χ0) is 22.5. The Labute approximate surface area is 193 Å². The number of hydrogen-bond donors (Lipinski definition) is 1. The van der Waals surface area contributed by atoms with Gasteiger partial charge in [0.1, 0.15) is 6.54 Å². The molecule has 5 nitrogen and oxygen atoms in total. The first kappa shape index (κ1) is 22.2. The fourth-order valence-electron chi connectivity index (χ4n) is 4.20. The normalized spacial score (nSPS) is 14.2. The summed E-state index contributed by atoms with van der Waals surface area (Å²) in [5, 5.41) is 3.48. The molecule has 166 valence electrons. The van der Waals surface area contributed by atoms with Gasteiger partial charge in [0.2, 0.25) is 5.91 Å². The van der Waals surface area contributed by atoms with Gasteiger partial charge < -0.3 is 10.2 Å². The molecule has 32 heavy (non-hydrogen) atoms. The summed E-state index contributed by atoms with van der Waals surface area (Å²) in [5.74, 6) is -0.281. The van der Waals surface area contributed by atoms with Crippen molar-refractivity contribution in [3.05, 3.63) is 70.7 Å². The highest BCUT2D eigenvalue weighted by Crippen LogP contribution is 2.26. The molecule has 0 spiro atoms. The fourth-order valence-corrected chi connectivity index (χ4v) is 5.03.